The van der Waals surface area contributed by atoms with Gasteiger partial charge in [-0.15, -0.1) is 0 Å². The van der Waals surface area contributed by atoms with Gasteiger partial charge >= 0.3 is 0 Å². The Labute approximate surface area is 77.1 Å². The van der Waals surface area contributed by atoms with Crippen molar-refractivity contribution >= 4 is 0 Å². The fourth-order valence-corrected chi connectivity index (χ4v) is 1.53. The van der Waals surface area contributed by atoms with Gasteiger partial charge in [0.15, 0.2) is 0 Å². The standard InChI is InChI=1S/C10H24N2/c1-5-6-7-12(4)10(8-11)9(2)3/h9-10H,5-8,11H2,1-4H3. The van der Waals surface area contributed by atoms with Crippen LogP contribution in [0.5, 0.6) is 0 Å². The van der Waals surface area contributed by atoms with E-state index in [4.69, 9.17) is 5.73 Å². The normalized spacial score (nSPS) is 14.2. The highest BCUT2D eigenvalue weighted by molar-refractivity contribution is 4.72. The molecule has 1 atom stereocenters. The van der Waals surface area contributed by atoms with Gasteiger partial charge in [-0.3, -0.25) is 0 Å². The molecule has 0 bridgehead atoms. The summed E-state index contributed by atoms with van der Waals surface area (Å²) in [4.78, 5) is 2.38. The quantitative estimate of drug-likeness (QED) is 0.661. The van der Waals surface area contributed by atoms with Crippen LogP contribution in [-0.2, 0) is 0 Å². The van der Waals surface area contributed by atoms with Gasteiger partial charge in [-0.05, 0) is 25.9 Å². The van der Waals surface area contributed by atoms with Crippen molar-refractivity contribution in [3.63, 3.8) is 0 Å². The first-order chi connectivity index (χ1) is 5.63. The third-order valence-electron chi connectivity index (χ3n) is 2.44. The number of hydrogen-bond donors (Lipinski definition) is 1. The van der Waals surface area contributed by atoms with Crippen LogP contribution in [0.3, 0.4) is 0 Å². The van der Waals surface area contributed by atoms with E-state index in [1.807, 2.05) is 0 Å². The average Bonchev–Trinajstić information content (AvgIpc) is 2.01. The fourth-order valence-electron chi connectivity index (χ4n) is 1.53. The lowest BCUT2D eigenvalue weighted by molar-refractivity contribution is 0.195. The van der Waals surface area contributed by atoms with Crippen molar-refractivity contribution in [3.8, 4) is 0 Å². The number of nitrogens with zero attached hydrogens (tertiary/aromatic N) is 1. The topological polar surface area (TPSA) is 29.3 Å². The van der Waals surface area contributed by atoms with Gasteiger partial charge in [0, 0.05) is 12.6 Å². The number of likely N-dealkylation sites (N-methyl/N-ethyl adjacent to an activating group) is 1. The summed E-state index contributed by atoms with van der Waals surface area (Å²) in [5.41, 5.74) is 5.70. The summed E-state index contributed by atoms with van der Waals surface area (Å²) in [6.07, 6.45) is 2.54. The van der Waals surface area contributed by atoms with Crippen LogP contribution in [-0.4, -0.2) is 31.1 Å². The molecule has 2 N–H and O–H groups in total. The van der Waals surface area contributed by atoms with E-state index >= 15 is 0 Å². The molecule has 0 aliphatic rings. The van der Waals surface area contributed by atoms with Gasteiger partial charge in [-0.25, -0.2) is 0 Å². The minimum Gasteiger partial charge on any atom is -0.329 e. The first kappa shape index (κ1) is 11.9. The van der Waals surface area contributed by atoms with Crippen LogP contribution in [0.4, 0.5) is 0 Å². The predicted molar refractivity (Wildman–Crippen MR) is 55.2 cm³/mol. The second-order valence-electron chi connectivity index (χ2n) is 3.88. The van der Waals surface area contributed by atoms with Crippen molar-refractivity contribution in [3.05, 3.63) is 0 Å². The van der Waals surface area contributed by atoms with Crippen LogP contribution in [0.2, 0.25) is 0 Å². The summed E-state index contributed by atoms with van der Waals surface area (Å²) in [6, 6.07) is 0.552. The predicted octanol–water partition coefficient (Wildman–Crippen LogP) is 1.70. The first-order valence-electron chi connectivity index (χ1n) is 5.03. The molecule has 12 heavy (non-hydrogen) atoms. The molecule has 0 radical (unpaired) electrons. The zero-order valence-electron chi connectivity index (χ0n) is 9.01. The fraction of sp³-hybridized carbons (Fsp3) is 1.00. The third-order valence-corrected chi connectivity index (χ3v) is 2.44. The molecule has 0 aromatic carbocycles. The minimum atomic E-state index is 0.552. The Morgan fingerprint density at radius 2 is 1.92 bits per heavy atom. The maximum Gasteiger partial charge on any atom is 0.0238 e. The molecule has 0 aliphatic carbocycles. The lowest BCUT2D eigenvalue weighted by atomic mass is 10.0. The van der Waals surface area contributed by atoms with Gasteiger partial charge in [0.05, 0.1) is 0 Å². The first-order valence-corrected chi connectivity index (χ1v) is 5.03. The SMILES string of the molecule is CCCCN(C)C(CN)C(C)C. The van der Waals surface area contributed by atoms with E-state index in [0.717, 1.165) is 6.54 Å². The van der Waals surface area contributed by atoms with Crippen molar-refractivity contribution in [1.82, 2.24) is 4.90 Å². The summed E-state index contributed by atoms with van der Waals surface area (Å²) in [5.74, 6) is 0.664. The van der Waals surface area contributed by atoms with Crippen molar-refractivity contribution in [2.24, 2.45) is 11.7 Å². The molecular weight excluding hydrogens is 148 g/mol. The van der Waals surface area contributed by atoms with E-state index < -0.39 is 0 Å². The highest BCUT2D eigenvalue weighted by Gasteiger charge is 2.15. The summed E-state index contributed by atoms with van der Waals surface area (Å²) in [7, 11) is 2.17. The van der Waals surface area contributed by atoms with E-state index in [1.54, 1.807) is 0 Å². The molecule has 0 aromatic rings. The molecule has 0 heterocycles. The highest BCUT2D eigenvalue weighted by atomic mass is 15.1. The molecule has 2 nitrogen and oxygen atoms in total. The van der Waals surface area contributed by atoms with E-state index in [2.05, 4.69) is 32.7 Å². The average molecular weight is 172 g/mol. The minimum absolute atomic E-state index is 0.552. The molecule has 0 saturated carbocycles. The molecule has 0 spiro atoms. The molecule has 74 valence electrons. The third kappa shape index (κ3) is 4.07. The van der Waals surface area contributed by atoms with Gasteiger partial charge in [0.2, 0.25) is 0 Å². The number of nitrogens with two attached hydrogens (primary N) is 1. The van der Waals surface area contributed by atoms with Crippen molar-refractivity contribution in [1.29, 1.82) is 0 Å². The summed E-state index contributed by atoms with van der Waals surface area (Å²) in [5, 5.41) is 0. The van der Waals surface area contributed by atoms with Gasteiger partial charge < -0.3 is 10.6 Å². The molecule has 0 fully saturated rings. The lowest BCUT2D eigenvalue weighted by Crippen LogP contribution is -2.42. The van der Waals surface area contributed by atoms with Gasteiger partial charge in [0.25, 0.3) is 0 Å². The Morgan fingerprint density at radius 3 is 2.25 bits per heavy atom. The summed E-state index contributed by atoms with van der Waals surface area (Å²) >= 11 is 0. The molecule has 0 saturated heterocycles. The summed E-state index contributed by atoms with van der Waals surface area (Å²) < 4.78 is 0. The van der Waals surface area contributed by atoms with Gasteiger partial charge in [-0.1, -0.05) is 27.2 Å². The smallest absolute Gasteiger partial charge is 0.0238 e. The monoisotopic (exact) mass is 172 g/mol. The van der Waals surface area contributed by atoms with Gasteiger partial charge in [0.1, 0.15) is 0 Å². The zero-order chi connectivity index (χ0) is 9.56. The summed E-state index contributed by atoms with van der Waals surface area (Å²) in [6.45, 7) is 8.65. The molecule has 0 aromatic heterocycles. The number of unbranched alkanes of at least 4 members (excludes halogenated alkanes) is 1. The van der Waals surface area contributed by atoms with Crippen LogP contribution in [0.15, 0.2) is 0 Å². The van der Waals surface area contributed by atoms with Crippen LogP contribution >= 0.6 is 0 Å². The molecule has 0 rings (SSSR count). The van der Waals surface area contributed by atoms with Crippen molar-refractivity contribution in [2.75, 3.05) is 20.1 Å². The largest absolute Gasteiger partial charge is 0.329 e. The molecule has 1 unspecified atom stereocenters. The molecule has 0 amide bonds. The van der Waals surface area contributed by atoms with Crippen molar-refractivity contribution in [2.45, 2.75) is 39.7 Å². The van der Waals surface area contributed by atoms with Gasteiger partial charge in [-0.2, -0.15) is 0 Å². The van der Waals surface area contributed by atoms with E-state index in [0.29, 0.717) is 12.0 Å². The van der Waals surface area contributed by atoms with Crippen LogP contribution < -0.4 is 5.73 Å². The maximum absolute atomic E-state index is 5.70. The highest BCUT2D eigenvalue weighted by Crippen LogP contribution is 2.08. The van der Waals surface area contributed by atoms with Crippen LogP contribution in [0.25, 0.3) is 0 Å². The number of rotatable bonds is 6. The Bertz CT molecular complexity index is 102. The van der Waals surface area contributed by atoms with Crippen LogP contribution in [0, 0.1) is 5.92 Å². The van der Waals surface area contributed by atoms with E-state index in [1.165, 1.54) is 19.4 Å². The zero-order valence-corrected chi connectivity index (χ0v) is 9.01. The maximum atomic E-state index is 5.70. The lowest BCUT2D eigenvalue weighted by Gasteiger charge is -2.29. The Kier molecular flexibility index (Phi) is 6.39. The molecule has 2 heteroatoms. The molecule has 0 aliphatic heterocycles. The second kappa shape index (κ2) is 6.44. The van der Waals surface area contributed by atoms with E-state index in [-0.39, 0.29) is 0 Å². The Hall–Kier alpha value is -0.0800. The van der Waals surface area contributed by atoms with Crippen molar-refractivity contribution < 1.29 is 0 Å². The Morgan fingerprint density at radius 1 is 1.33 bits per heavy atom. The second-order valence-corrected chi connectivity index (χ2v) is 3.88. The number of hydrogen-bond acceptors (Lipinski definition) is 2. The van der Waals surface area contributed by atoms with E-state index in [9.17, 15) is 0 Å². The van der Waals surface area contributed by atoms with Crippen LogP contribution in [0.1, 0.15) is 33.6 Å². The molecular formula is C10H24N2. The Balaban J connectivity index is 3.77.